The highest BCUT2D eigenvalue weighted by Crippen LogP contribution is 2.13. The van der Waals surface area contributed by atoms with Gasteiger partial charge in [-0.1, -0.05) is 83.2 Å². The van der Waals surface area contributed by atoms with Gasteiger partial charge in [-0.15, -0.1) is 0 Å². The largest absolute Gasteiger partial charge is 0.393 e. The fraction of sp³-hybridized carbons (Fsp3) is 0.696. The zero-order valence-electron chi connectivity index (χ0n) is 49.9. The first-order chi connectivity index (χ1) is 40.4. The van der Waals surface area contributed by atoms with E-state index < -0.39 is 139 Å². The molecule has 0 spiro atoms. The average Bonchev–Trinajstić information content (AvgIpc) is 3.53. The molecule has 1 saturated heterocycles. The molecule has 85 heavy (non-hydrogen) atoms. The van der Waals surface area contributed by atoms with Gasteiger partial charge in [0, 0.05) is 26.1 Å². The van der Waals surface area contributed by atoms with Crippen LogP contribution in [-0.2, 0) is 54.4 Å². The summed E-state index contributed by atoms with van der Waals surface area (Å²) in [6.45, 7) is 6.24. The molecule has 0 radical (unpaired) electrons. The third-order valence-corrected chi connectivity index (χ3v) is 14.0. The standard InChI is InChI=1S/C56H99N17O12/c1-5-6-7-8-12-17-36(75)32-45(76)66-38(19-13-24-57)48(78)69-41-23-29-64-55(85)46(34(4)74)73-52(82)42(22-28-63-47(77)37(60)18-14-27-65-56(61)62)70-49(79)39(20-25-58)68-53(83)43(30-33(2)3)71-54(84)44(31-35-15-10-9-11-16-35)72-50(80)40(21-26-59)67-51(41)81/h9-11,15-16,33-34,36-44,46,74-75H,5-8,12-14,17-32,57-60H2,1-4H3,(H,63,77)(H,64,85)(H,66,76)(H,67,81)(H,68,83)(H,69,78)(H,70,79)(H,71,84)(H,72,80)(H,73,82)(H4,61,62,65)/t34-,36-,37+,38-,39+,40+,41+,42+,43+,44-,46+/m1/s1. The summed E-state index contributed by atoms with van der Waals surface area (Å²) in [7, 11) is 0. The molecule has 480 valence electrons. The van der Waals surface area contributed by atoms with Crippen LogP contribution in [0.4, 0.5) is 0 Å². The zero-order valence-corrected chi connectivity index (χ0v) is 49.9. The third kappa shape index (κ3) is 29.5. The lowest BCUT2D eigenvalue weighted by Crippen LogP contribution is -2.61. The number of carbonyl (C=O) groups excluding carboxylic acids is 10. The minimum absolute atomic E-state index is 0.0148. The van der Waals surface area contributed by atoms with Crippen LogP contribution < -0.4 is 87.2 Å². The normalized spacial score (nSPS) is 22.1. The van der Waals surface area contributed by atoms with Gasteiger partial charge in [0.05, 0.1) is 24.7 Å². The van der Waals surface area contributed by atoms with Crippen molar-refractivity contribution in [3.63, 3.8) is 0 Å². The summed E-state index contributed by atoms with van der Waals surface area (Å²) in [6, 6.07) is -4.15. The molecule has 0 aromatic heterocycles. The predicted octanol–water partition coefficient (Wildman–Crippen LogP) is -4.30. The molecule has 1 fully saturated rings. The number of guanidine groups is 1. The maximum absolute atomic E-state index is 14.5. The SMILES string of the molecule is CCCCCCC[C@@H](O)CC(=O)N[C@H](CCCN)C(=O)N[C@H]1CCNC(=O)[C@H]([C@@H](C)O)NC(=O)[C@H](CCNC(=O)[C@@H](N)CCCNC(=N)N)NC(=O)[C@H](CCN)NC(=O)[C@H](CC(C)C)NC(=O)[C@@H](Cc2ccccc2)NC(=O)[C@H](CCN)NC1=O. The number of nitrogens with one attached hydrogen (secondary N) is 12. The van der Waals surface area contributed by atoms with Crippen LogP contribution in [0.1, 0.15) is 136 Å². The zero-order chi connectivity index (χ0) is 63.4. The summed E-state index contributed by atoms with van der Waals surface area (Å²) in [4.78, 5) is 141. The molecule has 1 aromatic carbocycles. The Balaban J connectivity index is 2.73. The molecule has 24 N–H and O–H groups in total. The van der Waals surface area contributed by atoms with Crippen LogP contribution in [0.2, 0.25) is 0 Å². The average molecular weight is 1200 g/mol. The quantitative estimate of drug-likeness (QED) is 0.0190. The smallest absolute Gasteiger partial charge is 0.245 e. The Kier molecular flexibility index (Phi) is 35.8. The number of hydrogen-bond acceptors (Lipinski definition) is 17. The second kappa shape index (κ2) is 41.1. The minimum atomic E-state index is -1.73. The Morgan fingerprint density at radius 1 is 0.635 bits per heavy atom. The number of unbranched alkanes of at least 4 members (excludes halogenated alkanes) is 4. The van der Waals surface area contributed by atoms with E-state index in [9.17, 15) is 58.2 Å². The minimum Gasteiger partial charge on any atom is -0.393 e. The van der Waals surface area contributed by atoms with Crippen molar-refractivity contribution in [2.75, 3.05) is 39.3 Å². The molecule has 1 aliphatic rings. The number of benzene rings is 1. The molecule has 11 atom stereocenters. The first-order valence-corrected chi connectivity index (χ1v) is 29.8. The lowest BCUT2D eigenvalue weighted by Gasteiger charge is -2.28. The van der Waals surface area contributed by atoms with E-state index in [0.717, 1.165) is 25.7 Å². The molecule has 1 aromatic rings. The van der Waals surface area contributed by atoms with E-state index in [1.807, 2.05) is 0 Å². The molecule has 0 aliphatic carbocycles. The van der Waals surface area contributed by atoms with Crippen LogP contribution in [0.5, 0.6) is 0 Å². The van der Waals surface area contributed by atoms with Gasteiger partial charge in [0.1, 0.15) is 48.3 Å². The lowest BCUT2D eigenvalue weighted by atomic mass is 10.00. The number of amides is 10. The first kappa shape index (κ1) is 74.1. The van der Waals surface area contributed by atoms with Gasteiger partial charge in [-0.05, 0) is 102 Å². The van der Waals surface area contributed by atoms with E-state index in [1.165, 1.54) is 6.92 Å². The molecule has 10 amide bonds. The molecule has 0 unspecified atom stereocenters. The van der Waals surface area contributed by atoms with E-state index in [4.69, 9.17) is 34.1 Å². The second-order valence-corrected chi connectivity index (χ2v) is 21.9. The molecule has 1 heterocycles. The molecular weight excluding hydrogens is 1100 g/mol. The van der Waals surface area contributed by atoms with Crippen molar-refractivity contribution in [1.82, 2.24) is 58.5 Å². The summed E-state index contributed by atoms with van der Waals surface area (Å²) in [5, 5.41) is 57.7. The van der Waals surface area contributed by atoms with E-state index >= 15 is 0 Å². The van der Waals surface area contributed by atoms with Gasteiger partial charge >= 0.3 is 0 Å². The maximum atomic E-state index is 14.5. The molecule has 2 rings (SSSR count). The molecule has 0 saturated carbocycles. The van der Waals surface area contributed by atoms with Crippen molar-refractivity contribution in [1.29, 1.82) is 5.41 Å². The molecule has 1 aliphatic heterocycles. The highest BCUT2D eigenvalue weighted by atomic mass is 16.3. The van der Waals surface area contributed by atoms with Gasteiger partial charge in [-0.3, -0.25) is 53.4 Å². The summed E-state index contributed by atoms with van der Waals surface area (Å²) in [5.74, 6) is -9.02. The van der Waals surface area contributed by atoms with Crippen LogP contribution in [0.3, 0.4) is 0 Å². The van der Waals surface area contributed by atoms with E-state index in [2.05, 4.69) is 65.4 Å². The van der Waals surface area contributed by atoms with Crippen LogP contribution in [0.25, 0.3) is 0 Å². The molecule has 29 heteroatoms. The van der Waals surface area contributed by atoms with Gasteiger partial charge in [0.2, 0.25) is 59.1 Å². The Morgan fingerprint density at radius 2 is 1.20 bits per heavy atom. The number of hydrogen-bond donors (Lipinski definition) is 19. The van der Waals surface area contributed by atoms with Crippen LogP contribution in [0, 0.1) is 11.3 Å². The van der Waals surface area contributed by atoms with Gasteiger partial charge in [-0.25, -0.2) is 0 Å². The second-order valence-electron chi connectivity index (χ2n) is 21.9. The van der Waals surface area contributed by atoms with Crippen molar-refractivity contribution < 1.29 is 58.2 Å². The Morgan fingerprint density at radius 3 is 1.79 bits per heavy atom. The first-order valence-electron chi connectivity index (χ1n) is 29.8. The van der Waals surface area contributed by atoms with Crippen LogP contribution in [-0.4, -0.2) is 181 Å². The monoisotopic (exact) mass is 1200 g/mol. The predicted molar refractivity (Wildman–Crippen MR) is 319 cm³/mol. The highest BCUT2D eigenvalue weighted by Gasteiger charge is 2.36. The number of nitrogens with two attached hydrogens (primary N) is 5. The van der Waals surface area contributed by atoms with E-state index in [0.29, 0.717) is 24.8 Å². The van der Waals surface area contributed by atoms with Gasteiger partial charge in [0.15, 0.2) is 5.96 Å². The summed E-state index contributed by atoms with van der Waals surface area (Å²) in [5.41, 5.74) is 29.7. The number of carbonyl (C=O) groups is 10. The lowest BCUT2D eigenvalue weighted by molar-refractivity contribution is -0.136. The van der Waals surface area contributed by atoms with Crippen molar-refractivity contribution in [2.45, 2.75) is 203 Å². The maximum Gasteiger partial charge on any atom is 0.245 e. The summed E-state index contributed by atoms with van der Waals surface area (Å²) < 4.78 is 0. The highest BCUT2D eigenvalue weighted by molar-refractivity contribution is 5.98. The summed E-state index contributed by atoms with van der Waals surface area (Å²) >= 11 is 0. The summed E-state index contributed by atoms with van der Waals surface area (Å²) in [6.07, 6.45) is 1.76. The van der Waals surface area contributed by atoms with Crippen molar-refractivity contribution in [3.8, 4) is 0 Å². The Hall–Kier alpha value is -7.05. The fourth-order valence-corrected chi connectivity index (χ4v) is 9.20. The van der Waals surface area contributed by atoms with E-state index in [-0.39, 0.29) is 102 Å². The Labute approximate surface area is 498 Å². The Bertz CT molecular complexity index is 2280. The molecular formula is C56H99N17O12. The van der Waals surface area contributed by atoms with Gasteiger partial charge < -0.3 is 97.4 Å². The van der Waals surface area contributed by atoms with Crippen molar-refractivity contribution in [2.24, 2.45) is 34.6 Å². The van der Waals surface area contributed by atoms with Crippen LogP contribution in [0.15, 0.2) is 30.3 Å². The number of rotatable bonds is 31. The fourth-order valence-electron chi connectivity index (χ4n) is 9.20. The number of aliphatic hydroxyl groups is 2. The number of aliphatic hydroxyl groups excluding tert-OH is 2. The van der Waals surface area contributed by atoms with Gasteiger partial charge in [-0.2, -0.15) is 0 Å². The van der Waals surface area contributed by atoms with Crippen LogP contribution >= 0.6 is 0 Å². The van der Waals surface area contributed by atoms with Crippen molar-refractivity contribution in [3.05, 3.63) is 35.9 Å². The van der Waals surface area contributed by atoms with Gasteiger partial charge in [0.25, 0.3) is 0 Å². The molecule has 0 bridgehead atoms. The van der Waals surface area contributed by atoms with Crippen molar-refractivity contribution >= 4 is 65.0 Å². The third-order valence-electron chi connectivity index (χ3n) is 14.0. The van der Waals surface area contributed by atoms with E-state index in [1.54, 1.807) is 44.2 Å². The molecule has 29 nitrogen and oxygen atoms in total. The topological polar surface area (TPSA) is 497 Å².